The van der Waals surface area contributed by atoms with E-state index >= 15 is 0 Å². The minimum atomic E-state index is -0.947. The molecule has 0 bridgehead atoms. The molecule has 2 aromatic carbocycles. The SMILES string of the molecule is CCC[C@@H](CC(=O)O)NC(=O)C[C@H](CC)NC(=O)OCC1c2ccccc2-c2ccccc21. The normalized spacial score (nSPS) is 14.0. The molecule has 0 aromatic heterocycles. The van der Waals surface area contributed by atoms with Gasteiger partial charge in [-0.1, -0.05) is 68.8 Å². The molecular weight excluding hydrogens is 420 g/mol. The highest BCUT2D eigenvalue weighted by atomic mass is 16.5. The molecule has 0 radical (unpaired) electrons. The maximum atomic E-state index is 12.5. The second-order valence-corrected chi connectivity index (χ2v) is 8.43. The molecule has 2 atom stereocenters. The van der Waals surface area contributed by atoms with Crippen LogP contribution in [0, 0.1) is 0 Å². The predicted molar refractivity (Wildman–Crippen MR) is 126 cm³/mol. The van der Waals surface area contributed by atoms with E-state index in [0.29, 0.717) is 12.8 Å². The van der Waals surface area contributed by atoms with Crippen molar-refractivity contribution in [3.05, 3.63) is 59.7 Å². The van der Waals surface area contributed by atoms with Gasteiger partial charge in [0.2, 0.25) is 5.91 Å². The summed E-state index contributed by atoms with van der Waals surface area (Å²) in [6.45, 7) is 4.02. The molecule has 3 N–H and O–H groups in total. The predicted octanol–water partition coefficient (Wildman–Crippen LogP) is 4.45. The number of rotatable bonds is 11. The number of fused-ring (bicyclic) bond motifs is 3. The van der Waals surface area contributed by atoms with Crippen molar-refractivity contribution in [3.63, 3.8) is 0 Å². The van der Waals surface area contributed by atoms with Gasteiger partial charge in [0.25, 0.3) is 0 Å². The van der Waals surface area contributed by atoms with E-state index in [-0.39, 0.29) is 31.3 Å². The monoisotopic (exact) mass is 452 g/mol. The Kier molecular flexibility index (Phi) is 8.46. The average Bonchev–Trinajstić information content (AvgIpc) is 3.10. The summed E-state index contributed by atoms with van der Waals surface area (Å²) in [7, 11) is 0. The molecule has 7 nitrogen and oxygen atoms in total. The van der Waals surface area contributed by atoms with Gasteiger partial charge in [0.05, 0.1) is 6.42 Å². The Labute approximate surface area is 194 Å². The standard InChI is InChI=1S/C26H32N2O5/c1-3-9-18(15-25(30)31)27-24(29)14-17(4-2)28-26(32)33-16-23-21-12-7-5-10-19(21)20-11-6-8-13-22(20)23/h5-8,10-13,17-18,23H,3-4,9,14-16H2,1-2H3,(H,27,29)(H,28,32)(H,30,31)/t17-,18-/m0/s1. The van der Waals surface area contributed by atoms with E-state index in [1.165, 1.54) is 0 Å². The molecule has 0 aliphatic heterocycles. The molecule has 7 heteroatoms. The number of carboxylic acid groups (broad SMARTS) is 1. The smallest absolute Gasteiger partial charge is 0.407 e. The summed E-state index contributed by atoms with van der Waals surface area (Å²) in [6, 6.07) is 15.5. The zero-order chi connectivity index (χ0) is 23.8. The Morgan fingerprint density at radius 3 is 2.06 bits per heavy atom. The van der Waals surface area contributed by atoms with Gasteiger partial charge in [0, 0.05) is 24.4 Å². The molecule has 0 heterocycles. The number of hydrogen-bond donors (Lipinski definition) is 3. The zero-order valence-electron chi connectivity index (χ0n) is 19.2. The molecule has 1 aliphatic rings. The lowest BCUT2D eigenvalue weighted by Crippen LogP contribution is -2.42. The maximum Gasteiger partial charge on any atom is 0.407 e. The first-order valence-electron chi connectivity index (χ1n) is 11.6. The van der Waals surface area contributed by atoms with Crippen LogP contribution in [0.5, 0.6) is 0 Å². The molecule has 1 aliphatic carbocycles. The Morgan fingerprint density at radius 1 is 0.909 bits per heavy atom. The van der Waals surface area contributed by atoms with Crippen LogP contribution in [0.25, 0.3) is 11.1 Å². The third kappa shape index (κ3) is 6.34. The van der Waals surface area contributed by atoms with Crippen LogP contribution >= 0.6 is 0 Å². The highest BCUT2D eigenvalue weighted by Gasteiger charge is 2.29. The van der Waals surface area contributed by atoms with Crippen molar-refractivity contribution in [2.75, 3.05) is 6.61 Å². The maximum absolute atomic E-state index is 12.5. The Hall–Kier alpha value is -3.35. The average molecular weight is 453 g/mol. The first kappa shape index (κ1) is 24.3. The van der Waals surface area contributed by atoms with Crippen LogP contribution in [-0.2, 0) is 14.3 Å². The lowest BCUT2D eigenvalue weighted by atomic mass is 9.98. The molecule has 0 saturated heterocycles. The Bertz CT molecular complexity index is 945. The van der Waals surface area contributed by atoms with Crippen LogP contribution < -0.4 is 10.6 Å². The van der Waals surface area contributed by atoms with Gasteiger partial charge in [-0.3, -0.25) is 9.59 Å². The van der Waals surface area contributed by atoms with Gasteiger partial charge in [-0.05, 0) is 35.1 Å². The van der Waals surface area contributed by atoms with E-state index in [1.54, 1.807) is 0 Å². The fraction of sp³-hybridized carbons (Fsp3) is 0.423. The van der Waals surface area contributed by atoms with Gasteiger partial charge in [0.1, 0.15) is 6.61 Å². The third-order valence-electron chi connectivity index (χ3n) is 6.01. The van der Waals surface area contributed by atoms with Crippen LogP contribution in [0.2, 0.25) is 0 Å². The van der Waals surface area contributed by atoms with Gasteiger partial charge in [0.15, 0.2) is 0 Å². The van der Waals surface area contributed by atoms with Crippen molar-refractivity contribution in [3.8, 4) is 11.1 Å². The Balaban J connectivity index is 1.54. The minimum Gasteiger partial charge on any atom is -0.481 e. The van der Waals surface area contributed by atoms with Crippen LogP contribution in [0.4, 0.5) is 4.79 Å². The van der Waals surface area contributed by atoms with Gasteiger partial charge in [-0.15, -0.1) is 0 Å². The van der Waals surface area contributed by atoms with E-state index < -0.39 is 24.1 Å². The second-order valence-electron chi connectivity index (χ2n) is 8.43. The number of carbonyl (C=O) groups is 3. The molecule has 2 aromatic rings. The summed E-state index contributed by atoms with van der Waals surface area (Å²) in [5.74, 6) is -1.25. The third-order valence-corrected chi connectivity index (χ3v) is 6.01. The van der Waals surface area contributed by atoms with Gasteiger partial charge >= 0.3 is 12.1 Å². The van der Waals surface area contributed by atoms with Gasteiger partial charge in [-0.2, -0.15) is 0 Å². The number of hydrogen-bond acceptors (Lipinski definition) is 4. The number of nitrogens with one attached hydrogen (secondary N) is 2. The van der Waals surface area contributed by atoms with Gasteiger partial charge < -0.3 is 20.5 Å². The number of benzene rings is 2. The quantitative estimate of drug-likeness (QED) is 0.467. The minimum absolute atomic E-state index is 0.0302. The van der Waals surface area contributed by atoms with Crippen LogP contribution in [0.1, 0.15) is 63.0 Å². The first-order chi connectivity index (χ1) is 15.9. The molecule has 2 amide bonds. The highest BCUT2D eigenvalue weighted by molar-refractivity contribution is 5.80. The van der Waals surface area contributed by atoms with Crippen molar-refractivity contribution in [1.29, 1.82) is 0 Å². The second kappa shape index (κ2) is 11.5. The summed E-state index contributed by atoms with van der Waals surface area (Å²) in [6.07, 6.45) is 1.31. The summed E-state index contributed by atoms with van der Waals surface area (Å²) in [5.41, 5.74) is 4.60. The number of carboxylic acids is 1. The number of alkyl carbamates (subject to hydrolysis) is 1. The van der Waals surface area contributed by atoms with Crippen molar-refractivity contribution in [2.24, 2.45) is 0 Å². The van der Waals surface area contributed by atoms with E-state index in [4.69, 9.17) is 9.84 Å². The van der Waals surface area contributed by atoms with E-state index in [2.05, 4.69) is 34.9 Å². The largest absolute Gasteiger partial charge is 0.481 e. The number of amides is 2. The van der Waals surface area contributed by atoms with Crippen molar-refractivity contribution in [2.45, 2.75) is 64.0 Å². The summed E-state index contributed by atoms with van der Waals surface area (Å²) >= 11 is 0. The molecule has 33 heavy (non-hydrogen) atoms. The van der Waals surface area contributed by atoms with E-state index in [1.807, 2.05) is 38.1 Å². The van der Waals surface area contributed by atoms with Crippen molar-refractivity contribution in [1.82, 2.24) is 10.6 Å². The molecule has 3 rings (SSSR count). The number of carbonyl (C=O) groups excluding carboxylic acids is 2. The topological polar surface area (TPSA) is 105 Å². The van der Waals surface area contributed by atoms with E-state index in [0.717, 1.165) is 28.7 Å². The van der Waals surface area contributed by atoms with Crippen molar-refractivity contribution < 1.29 is 24.2 Å². The molecule has 0 saturated carbocycles. The molecule has 0 fully saturated rings. The lowest BCUT2D eigenvalue weighted by molar-refractivity contribution is -0.137. The Morgan fingerprint density at radius 2 is 1.52 bits per heavy atom. The molecule has 176 valence electrons. The first-order valence-corrected chi connectivity index (χ1v) is 11.6. The highest BCUT2D eigenvalue weighted by Crippen LogP contribution is 2.44. The molecule has 0 unspecified atom stereocenters. The van der Waals surface area contributed by atoms with Crippen LogP contribution in [-0.4, -0.2) is 41.8 Å². The van der Waals surface area contributed by atoms with E-state index in [9.17, 15) is 14.4 Å². The molecular formula is C26H32N2O5. The van der Waals surface area contributed by atoms with Crippen molar-refractivity contribution >= 4 is 18.0 Å². The summed E-state index contributed by atoms with van der Waals surface area (Å²) < 4.78 is 5.57. The fourth-order valence-corrected chi connectivity index (χ4v) is 4.40. The number of aliphatic carboxylic acids is 1. The fourth-order valence-electron chi connectivity index (χ4n) is 4.40. The zero-order valence-corrected chi connectivity index (χ0v) is 19.2. The number of ether oxygens (including phenoxy) is 1. The lowest BCUT2D eigenvalue weighted by Gasteiger charge is -2.21. The summed E-state index contributed by atoms with van der Waals surface area (Å²) in [4.78, 5) is 35.9. The summed E-state index contributed by atoms with van der Waals surface area (Å²) in [5, 5.41) is 14.6. The van der Waals surface area contributed by atoms with Crippen LogP contribution in [0.3, 0.4) is 0 Å². The molecule has 0 spiro atoms. The van der Waals surface area contributed by atoms with Crippen LogP contribution in [0.15, 0.2) is 48.5 Å². The van der Waals surface area contributed by atoms with Gasteiger partial charge in [-0.25, -0.2) is 4.79 Å².